The van der Waals surface area contributed by atoms with E-state index in [-0.39, 0.29) is 16.0 Å². The highest BCUT2D eigenvalue weighted by Gasteiger charge is 2.37. The van der Waals surface area contributed by atoms with Crippen LogP contribution in [0.2, 0.25) is 0 Å². The lowest BCUT2D eigenvalue weighted by Gasteiger charge is -2.35. The van der Waals surface area contributed by atoms with Gasteiger partial charge in [-0.05, 0) is 95.0 Å². The quantitative estimate of drug-likeness (QED) is 0.392. The Morgan fingerprint density at radius 2 is 1.94 bits per heavy atom. The number of aliphatic imine (C=N–C) groups is 1. The van der Waals surface area contributed by atoms with Gasteiger partial charge < -0.3 is 9.64 Å². The van der Waals surface area contributed by atoms with Crippen LogP contribution in [-0.2, 0) is 6.42 Å². The zero-order chi connectivity index (χ0) is 24.5. The summed E-state index contributed by atoms with van der Waals surface area (Å²) in [5.41, 5.74) is 5.59. The molecule has 0 aromatic heterocycles. The van der Waals surface area contributed by atoms with E-state index < -0.39 is 0 Å². The Kier molecular flexibility index (Phi) is 7.03. The summed E-state index contributed by atoms with van der Waals surface area (Å²) in [5, 5.41) is 6.31. The Morgan fingerprint density at radius 3 is 2.59 bits per heavy atom. The van der Waals surface area contributed by atoms with Gasteiger partial charge in [0.05, 0.1) is 17.6 Å². The van der Waals surface area contributed by atoms with Crippen molar-refractivity contribution in [2.75, 3.05) is 25.1 Å². The molecule has 6 nitrogen and oxygen atoms in total. The van der Waals surface area contributed by atoms with E-state index in [4.69, 9.17) is 14.8 Å². The highest BCUT2D eigenvalue weighted by molar-refractivity contribution is 8.15. The third-order valence-corrected chi connectivity index (χ3v) is 7.19. The summed E-state index contributed by atoms with van der Waals surface area (Å²) < 4.78 is 4.97. The Bertz CT molecular complexity index is 1120. The normalized spacial score (nSPS) is 18.1. The van der Waals surface area contributed by atoms with Crippen LogP contribution in [0.4, 0.5) is 10.5 Å². The second-order valence-electron chi connectivity index (χ2n) is 9.42. The van der Waals surface area contributed by atoms with Gasteiger partial charge in [0.15, 0.2) is 0 Å². The fourth-order valence-electron chi connectivity index (χ4n) is 4.46. The molecule has 0 N–H and O–H groups in total. The molecule has 0 fully saturated rings. The van der Waals surface area contributed by atoms with Crippen molar-refractivity contribution in [3.05, 3.63) is 59.2 Å². The van der Waals surface area contributed by atoms with Gasteiger partial charge in [-0.3, -0.25) is 9.79 Å². The minimum atomic E-state index is -0.376. The number of benzene rings is 2. The molecule has 2 aliphatic heterocycles. The SMILES string of the molecule is CCN1N=C(c2ccc3c(c2)CCCN3/C(=N\C(C)C)c2ccc(OC)cc2)C(C)(C)SC1=O. The fraction of sp³-hybridized carbons (Fsp3) is 0.444. The zero-order valence-corrected chi connectivity index (χ0v) is 21.8. The van der Waals surface area contributed by atoms with E-state index in [0.717, 1.165) is 47.8 Å². The number of carbonyl (C=O) groups excluding carboxylic acids is 1. The Balaban J connectivity index is 1.74. The van der Waals surface area contributed by atoms with Gasteiger partial charge in [-0.25, -0.2) is 5.01 Å². The third kappa shape index (κ3) is 4.85. The van der Waals surface area contributed by atoms with Crippen LogP contribution < -0.4 is 9.64 Å². The van der Waals surface area contributed by atoms with Crippen molar-refractivity contribution >= 4 is 34.2 Å². The molecule has 0 spiro atoms. The minimum absolute atomic E-state index is 0.00872. The molecule has 180 valence electrons. The Hall–Kier alpha value is -2.80. The maximum absolute atomic E-state index is 12.4. The molecule has 0 saturated heterocycles. The molecule has 0 atom stereocenters. The number of anilines is 1. The van der Waals surface area contributed by atoms with E-state index in [9.17, 15) is 4.79 Å². The number of carbonyl (C=O) groups is 1. The van der Waals surface area contributed by atoms with Crippen molar-refractivity contribution < 1.29 is 9.53 Å². The molecule has 2 aliphatic rings. The maximum Gasteiger partial charge on any atom is 0.302 e. The number of nitrogens with zero attached hydrogens (tertiary/aromatic N) is 4. The summed E-state index contributed by atoms with van der Waals surface area (Å²) in [5.74, 6) is 1.82. The molecule has 0 unspecified atom stereocenters. The van der Waals surface area contributed by atoms with Gasteiger partial charge in [0, 0.05) is 30.4 Å². The van der Waals surface area contributed by atoms with Crippen LogP contribution in [0.3, 0.4) is 0 Å². The molecule has 7 heteroatoms. The first-order valence-corrected chi connectivity index (χ1v) is 12.8. The first kappa shape index (κ1) is 24.3. The van der Waals surface area contributed by atoms with Crippen molar-refractivity contribution in [1.82, 2.24) is 5.01 Å². The van der Waals surface area contributed by atoms with E-state index in [1.54, 1.807) is 12.1 Å². The van der Waals surface area contributed by atoms with Crippen LogP contribution in [0.15, 0.2) is 52.6 Å². The van der Waals surface area contributed by atoms with Crippen molar-refractivity contribution in [1.29, 1.82) is 0 Å². The summed E-state index contributed by atoms with van der Waals surface area (Å²) in [7, 11) is 1.68. The predicted molar refractivity (Wildman–Crippen MR) is 143 cm³/mol. The predicted octanol–water partition coefficient (Wildman–Crippen LogP) is 5.97. The molecule has 2 heterocycles. The highest BCUT2D eigenvalue weighted by Crippen LogP contribution is 2.38. The lowest BCUT2D eigenvalue weighted by molar-refractivity contribution is 0.226. The number of hydrogen-bond acceptors (Lipinski definition) is 5. The van der Waals surface area contributed by atoms with E-state index >= 15 is 0 Å². The van der Waals surface area contributed by atoms with Gasteiger partial charge in [-0.15, -0.1) is 0 Å². The number of methoxy groups -OCH3 is 1. The van der Waals surface area contributed by atoms with E-state index in [0.29, 0.717) is 6.54 Å². The van der Waals surface area contributed by atoms with Gasteiger partial charge in [-0.1, -0.05) is 17.8 Å². The summed E-state index contributed by atoms with van der Waals surface area (Å²) >= 11 is 1.35. The smallest absolute Gasteiger partial charge is 0.302 e. The lowest BCUT2D eigenvalue weighted by atomic mass is 9.93. The number of thioether (sulfide) groups is 1. The second-order valence-corrected chi connectivity index (χ2v) is 11.0. The monoisotopic (exact) mass is 478 g/mol. The Labute approximate surface area is 207 Å². The molecule has 34 heavy (non-hydrogen) atoms. The maximum atomic E-state index is 12.4. The highest BCUT2D eigenvalue weighted by atomic mass is 32.2. The van der Waals surface area contributed by atoms with Crippen LogP contribution in [-0.4, -0.2) is 52.8 Å². The fourth-order valence-corrected chi connectivity index (χ4v) is 5.42. The number of rotatable bonds is 5. The van der Waals surface area contributed by atoms with Gasteiger partial charge in [0.25, 0.3) is 0 Å². The summed E-state index contributed by atoms with van der Waals surface area (Å²) in [4.78, 5) is 19.7. The van der Waals surface area contributed by atoms with Gasteiger partial charge in [0.2, 0.25) is 0 Å². The third-order valence-electron chi connectivity index (χ3n) is 6.10. The summed E-state index contributed by atoms with van der Waals surface area (Å²) in [6.45, 7) is 11.8. The average Bonchev–Trinajstić information content (AvgIpc) is 2.81. The van der Waals surface area contributed by atoms with Crippen molar-refractivity contribution in [3.8, 4) is 5.75 Å². The van der Waals surface area contributed by atoms with E-state index in [2.05, 4.69) is 62.9 Å². The average molecular weight is 479 g/mol. The number of hydrazone groups is 1. The molecule has 4 rings (SSSR count). The van der Waals surface area contributed by atoms with Crippen molar-refractivity contribution in [2.24, 2.45) is 10.1 Å². The van der Waals surface area contributed by atoms with Crippen LogP contribution in [0.25, 0.3) is 0 Å². The van der Waals surface area contributed by atoms with E-state index in [1.165, 1.54) is 23.0 Å². The molecular weight excluding hydrogens is 444 g/mol. The molecule has 0 saturated carbocycles. The number of ether oxygens (including phenoxy) is 1. The first-order chi connectivity index (χ1) is 16.2. The molecule has 2 aromatic rings. The van der Waals surface area contributed by atoms with Gasteiger partial charge in [0.1, 0.15) is 11.6 Å². The van der Waals surface area contributed by atoms with Gasteiger partial charge in [-0.2, -0.15) is 5.10 Å². The number of aryl methyl sites for hydroxylation is 1. The molecule has 0 radical (unpaired) electrons. The number of amidine groups is 1. The topological polar surface area (TPSA) is 57.5 Å². The minimum Gasteiger partial charge on any atom is -0.497 e. The summed E-state index contributed by atoms with van der Waals surface area (Å²) in [6.07, 6.45) is 2.06. The number of hydrogen-bond donors (Lipinski definition) is 0. The molecular formula is C27H34N4O2S. The van der Waals surface area contributed by atoms with Crippen LogP contribution in [0.1, 0.15) is 57.7 Å². The van der Waals surface area contributed by atoms with Crippen LogP contribution >= 0.6 is 11.8 Å². The van der Waals surface area contributed by atoms with Gasteiger partial charge >= 0.3 is 5.24 Å². The molecule has 0 aliphatic carbocycles. The molecule has 0 bridgehead atoms. The van der Waals surface area contributed by atoms with Crippen molar-refractivity contribution in [3.63, 3.8) is 0 Å². The lowest BCUT2D eigenvalue weighted by Crippen LogP contribution is -2.41. The largest absolute Gasteiger partial charge is 0.497 e. The van der Waals surface area contributed by atoms with Crippen molar-refractivity contribution in [2.45, 2.75) is 58.2 Å². The van der Waals surface area contributed by atoms with Crippen LogP contribution in [0, 0.1) is 0 Å². The number of amides is 1. The Morgan fingerprint density at radius 1 is 1.21 bits per heavy atom. The second kappa shape index (κ2) is 9.82. The number of fused-ring (bicyclic) bond motifs is 1. The first-order valence-electron chi connectivity index (χ1n) is 12.0. The standard InChI is InChI=1S/C27H34N4O2S/c1-7-31-26(32)34-27(4,5)24(29-31)21-12-15-23-20(17-21)9-8-16-30(23)25(28-18(2)3)19-10-13-22(33-6)14-11-19/h10-15,17-18H,7-9,16H2,1-6H3/b28-25-. The zero-order valence-electron chi connectivity index (χ0n) is 21.0. The summed E-state index contributed by atoms with van der Waals surface area (Å²) in [6, 6.07) is 14.9. The molecule has 1 amide bonds. The van der Waals surface area contributed by atoms with E-state index in [1.807, 2.05) is 19.1 Å². The van der Waals surface area contributed by atoms with Crippen LogP contribution in [0.5, 0.6) is 5.75 Å². The molecule has 2 aromatic carbocycles.